The topological polar surface area (TPSA) is 57.9 Å². The minimum absolute atomic E-state index is 0.133. The fourth-order valence-electron chi connectivity index (χ4n) is 1.94. The predicted molar refractivity (Wildman–Crippen MR) is 92.6 cm³/mol. The average molecular weight is 359 g/mol. The van der Waals surface area contributed by atoms with Crippen LogP contribution in [0.5, 0.6) is 0 Å². The van der Waals surface area contributed by atoms with Gasteiger partial charge >= 0.3 is 0 Å². The van der Waals surface area contributed by atoms with Crippen LogP contribution < -0.4 is 5.11 Å². The molecule has 2 aromatic carbocycles. The highest BCUT2D eigenvalue weighted by molar-refractivity contribution is 8.00. The van der Waals surface area contributed by atoms with Gasteiger partial charge in [-0.05, 0) is 35.5 Å². The van der Waals surface area contributed by atoms with Crippen molar-refractivity contribution in [1.29, 1.82) is 0 Å². The molecule has 0 saturated heterocycles. The highest BCUT2D eigenvalue weighted by Crippen LogP contribution is 2.27. The number of aromatic nitrogens is 2. The van der Waals surface area contributed by atoms with Crippen LogP contribution in [0.1, 0.15) is 15.9 Å². The number of aromatic carboxylic acids is 1. The fraction of sp³-hybridized carbons (Fsp3) is 0.0625. The summed E-state index contributed by atoms with van der Waals surface area (Å²) in [5.41, 5.74) is 2.10. The van der Waals surface area contributed by atoms with Gasteiger partial charge in [0.25, 0.3) is 0 Å². The van der Waals surface area contributed by atoms with E-state index in [-0.39, 0.29) is 5.56 Å². The van der Waals surface area contributed by atoms with Gasteiger partial charge in [0.05, 0.1) is 11.7 Å². The molecule has 7 heteroatoms. The van der Waals surface area contributed by atoms with Crippen molar-refractivity contribution in [2.45, 2.75) is 10.1 Å². The first-order valence-corrected chi connectivity index (χ1v) is 8.93. The van der Waals surface area contributed by atoms with Crippen LogP contribution in [-0.4, -0.2) is 15.7 Å². The molecule has 0 aliphatic carbocycles. The lowest BCUT2D eigenvalue weighted by Gasteiger charge is -2.04. The normalized spacial score (nSPS) is 10.6. The molecule has 1 heterocycles. The van der Waals surface area contributed by atoms with E-state index >= 15 is 0 Å². The van der Waals surface area contributed by atoms with Gasteiger partial charge in [0.2, 0.25) is 0 Å². The zero-order valence-corrected chi connectivity index (χ0v) is 14.3. The number of carboxylic acid groups (broad SMARTS) is 1. The molecule has 1 aromatic heterocycles. The Bertz CT molecular complexity index is 870. The Morgan fingerprint density at radius 3 is 2.52 bits per heavy atom. The molecule has 0 aliphatic heterocycles. The van der Waals surface area contributed by atoms with Crippen molar-refractivity contribution in [2.75, 3.05) is 0 Å². The Morgan fingerprint density at radius 1 is 1.17 bits per heavy atom. The van der Waals surface area contributed by atoms with E-state index in [1.807, 2.05) is 18.2 Å². The molecule has 0 N–H and O–H groups in total. The van der Waals surface area contributed by atoms with Crippen LogP contribution in [0.15, 0.2) is 58.9 Å². The van der Waals surface area contributed by atoms with E-state index in [0.29, 0.717) is 3.95 Å². The summed E-state index contributed by atoms with van der Waals surface area (Å²) >= 11 is 8.41. The third-order valence-corrected chi connectivity index (χ3v) is 5.52. The summed E-state index contributed by atoms with van der Waals surface area (Å²) < 4.78 is 3.15. The molecule has 116 valence electrons. The Labute approximate surface area is 146 Å². The van der Waals surface area contributed by atoms with Gasteiger partial charge in [-0.15, -0.1) is 5.10 Å². The molecule has 0 spiro atoms. The van der Waals surface area contributed by atoms with Crippen molar-refractivity contribution in [3.8, 4) is 5.69 Å². The van der Waals surface area contributed by atoms with Crippen LogP contribution >= 0.6 is 35.3 Å². The van der Waals surface area contributed by atoms with Crippen LogP contribution in [0, 0.1) is 3.95 Å². The third kappa shape index (κ3) is 3.87. The Morgan fingerprint density at radius 2 is 1.87 bits per heavy atom. The van der Waals surface area contributed by atoms with Gasteiger partial charge in [-0.1, -0.05) is 65.6 Å². The van der Waals surface area contributed by atoms with Gasteiger partial charge in [0.1, 0.15) is 0 Å². The summed E-state index contributed by atoms with van der Waals surface area (Å²) in [4.78, 5) is 10.8. The van der Waals surface area contributed by atoms with Crippen molar-refractivity contribution in [2.24, 2.45) is 0 Å². The zero-order valence-electron chi connectivity index (χ0n) is 11.8. The van der Waals surface area contributed by atoms with Gasteiger partial charge in [0, 0.05) is 5.75 Å². The molecule has 23 heavy (non-hydrogen) atoms. The standard InChI is InChI=1S/C16H12N2O2S3/c19-14(20)12-6-8-13(9-7-12)18-16(21)23-15(17-18)22-10-11-4-2-1-3-5-11/h1-9H,10H2,(H,19,20)/p-1. The molecule has 0 amide bonds. The van der Waals surface area contributed by atoms with Crippen LogP contribution in [0.4, 0.5) is 0 Å². The lowest BCUT2D eigenvalue weighted by molar-refractivity contribution is -0.255. The van der Waals surface area contributed by atoms with Crippen molar-refractivity contribution in [3.05, 3.63) is 69.7 Å². The largest absolute Gasteiger partial charge is 0.545 e. The van der Waals surface area contributed by atoms with Gasteiger partial charge in [0.15, 0.2) is 8.29 Å². The molecular weight excluding hydrogens is 348 g/mol. The maximum atomic E-state index is 10.8. The lowest BCUT2D eigenvalue weighted by Crippen LogP contribution is -2.22. The summed E-state index contributed by atoms with van der Waals surface area (Å²) in [6, 6.07) is 16.5. The molecule has 0 radical (unpaired) electrons. The lowest BCUT2D eigenvalue weighted by atomic mass is 10.2. The first-order chi connectivity index (χ1) is 11.1. The Hall–Kier alpha value is -1.96. The van der Waals surface area contributed by atoms with Crippen LogP contribution in [-0.2, 0) is 5.75 Å². The monoisotopic (exact) mass is 359 g/mol. The molecule has 0 unspecified atom stereocenters. The molecule has 3 aromatic rings. The average Bonchev–Trinajstić information content (AvgIpc) is 2.95. The number of carbonyl (C=O) groups excluding carboxylic acids is 1. The Balaban J connectivity index is 1.78. The van der Waals surface area contributed by atoms with E-state index in [4.69, 9.17) is 12.2 Å². The number of thioether (sulfide) groups is 1. The minimum Gasteiger partial charge on any atom is -0.545 e. The minimum atomic E-state index is -1.20. The number of hydrogen-bond acceptors (Lipinski definition) is 6. The van der Waals surface area contributed by atoms with Crippen LogP contribution in [0.25, 0.3) is 5.69 Å². The maximum absolute atomic E-state index is 10.8. The van der Waals surface area contributed by atoms with Gasteiger partial charge in [-0.3, -0.25) is 0 Å². The van der Waals surface area contributed by atoms with E-state index in [1.165, 1.54) is 29.0 Å². The van der Waals surface area contributed by atoms with E-state index in [0.717, 1.165) is 15.8 Å². The van der Waals surface area contributed by atoms with E-state index in [9.17, 15) is 9.90 Å². The number of carboxylic acids is 1. The van der Waals surface area contributed by atoms with Gasteiger partial charge < -0.3 is 9.90 Å². The third-order valence-electron chi connectivity index (χ3n) is 3.08. The summed E-state index contributed by atoms with van der Waals surface area (Å²) in [6.07, 6.45) is 0. The van der Waals surface area contributed by atoms with E-state index in [1.54, 1.807) is 28.6 Å². The number of rotatable bonds is 5. The second-order valence-electron chi connectivity index (χ2n) is 4.65. The summed E-state index contributed by atoms with van der Waals surface area (Å²) in [6.45, 7) is 0. The first-order valence-electron chi connectivity index (χ1n) is 6.72. The van der Waals surface area contributed by atoms with Crippen molar-refractivity contribution >= 4 is 41.3 Å². The summed E-state index contributed by atoms with van der Waals surface area (Å²) in [7, 11) is 0. The number of nitrogens with zero attached hydrogens (tertiary/aromatic N) is 2. The van der Waals surface area contributed by atoms with Gasteiger partial charge in [-0.2, -0.15) is 0 Å². The molecular formula is C16H11N2O2S3-. The quantitative estimate of drug-likeness (QED) is 0.517. The maximum Gasteiger partial charge on any atom is 0.184 e. The van der Waals surface area contributed by atoms with Crippen LogP contribution in [0.2, 0.25) is 0 Å². The van der Waals surface area contributed by atoms with E-state index < -0.39 is 5.97 Å². The molecule has 3 rings (SSSR count). The first kappa shape index (κ1) is 15.9. The molecule has 0 fully saturated rings. The predicted octanol–water partition coefficient (Wildman–Crippen LogP) is 3.32. The smallest absolute Gasteiger partial charge is 0.184 e. The van der Waals surface area contributed by atoms with Crippen molar-refractivity contribution < 1.29 is 9.90 Å². The summed E-state index contributed by atoms with van der Waals surface area (Å²) in [5, 5.41) is 15.3. The highest BCUT2D eigenvalue weighted by atomic mass is 32.2. The molecule has 0 atom stereocenters. The number of benzene rings is 2. The summed E-state index contributed by atoms with van der Waals surface area (Å²) in [5.74, 6) is -0.371. The molecule has 0 bridgehead atoms. The van der Waals surface area contributed by atoms with Crippen LogP contribution in [0.3, 0.4) is 0 Å². The Kier molecular flexibility index (Phi) is 4.90. The molecule has 0 saturated carbocycles. The van der Waals surface area contributed by atoms with Crippen molar-refractivity contribution in [3.63, 3.8) is 0 Å². The second kappa shape index (κ2) is 7.08. The number of hydrogen-bond donors (Lipinski definition) is 0. The molecule has 0 aliphatic rings. The zero-order chi connectivity index (χ0) is 16.2. The second-order valence-corrected chi connectivity index (χ2v) is 7.50. The van der Waals surface area contributed by atoms with E-state index in [2.05, 4.69) is 17.2 Å². The fourth-order valence-corrected chi connectivity index (χ4v) is 4.26. The highest BCUT2D eigenvalue weighted by Gasteiger charge is 2.07. The SMILES string of the molecule is O=C([O-])c1ccc(-n2nc(SCc3ccccc3)sc2=S)cc1. The van der Waals surface area contributed by atoms with Gasteiger partial charge in [-0.25, -0.2) is 4.68 Å². The molecule has 4 nitrogen and oxygen atoms in total. The number of carbonyl (C=O) groups is 1. The van der Waals surface area contributed by atoms with Crippen molar-refractivity contribution in [1.82, 2.24) is 9.78 Å².